The molecule has 180 valence electrons. The minimum absolute atomic E-state index is 0.0737. The van der Waals surface area contributed by atoms with Crippen molar-refractivity contribution in [2.75, 3.05) is 0 Å². The summed E-state index contributed by atoms with van der Waals surface area (Å²) in [7, 11) is 0. The number of halogens is 3. The van der Waals surface area contributed by atoms with Crippen LogP contribution in [0, 0.1) is 17.8 Å². The largest absolute Gasteiger partial charge is 0.389 e. The summed E-state index contributed by atoms with van der Waals surface area (Å²) in [4.78, 5) is 38.8. The van der Waals surface area contributed by atoms with Crippen LogP contribution in [0.2, 0.25) is 0 Å². The van der Waals surface area contributed by atoms with Gasteiger partial charge in [-0.05, 0) is 41.0 Å². The van der Waals surface area contributed by atoms with Gasteiger partial charge in [0.2, 0.25) is 11.8 Å². The number of carbonyl (C=O) groups excluding carboxylic acids is 3. The molecule has 1 fully saturated rings. The number of alkyl halides is 3. The third kappa shape index (κ3) is 5.48. The van der Waals surface area contributed by atoms with E-state index in [1.807, 2.05) is 36.4 Å². The van der Waals surface area contributed by atoms with Crippen molar-refractivity contribution in [3.05, 3.63) is 59.7 Å². The van der Waals surface area contributed by atoms with Crippen molar-refractivity contribution in [3.8, 4) is 11.1 Å². The molecule has 0 unspecified atom stereocenters. The van der Waals surface area contributed by atoms with Gasteiger partial charge in [-0.25, -0.2) is 0 Å². The van der Waals surface area contributed by atoms with E-state index >= 15 is 0 Å². The lowest BCUT2D eigenvalue weighted by Crippen LogP contribution is -2.44. The zero-order chi connectivity index (χ0) is 24.5. The van der Waals surface area contributed by atoms with Gasteiger partial charge in [-0.3, -0.25) is 14.4 Å². The fourth-order valence-electron chi connectivity index (χ4n) is 4.83. The Bertz CT molecular complexity index is 1090. The molecule has 0 aromatic heterocycles. The van der Waals surface area contributed by atoms with E-state index in [4.69, 9.17) is 5.73 Å². The molecule has 0 bridgehead atoms. The molecule has 3 atom stereocenters. The Labute approximate surface area is 195 Å². The highest BCUT2D eigenvalue weighted by Crippen LogP contribution is 2.40. The maximum atomic E-state index is 13.4. The Balaban J connectivity index is 1.65. The third-order valence-electron chi connectivity index (χ3n) is 6.76. The molecule has 4 rings (SSSR count). The monoisotopic (exact) mass is 472 g/mol. The molecule has 0 heterocycles. The van der Waals surface area contributed by atoms with Crippen LogP contribution in [-0.2, 0) is 20.8 Å². The van der Waals surface area contributed by atoms with Crippen molar-refractivity contribution >= 4 is 17.6 Å². The maximum absolute atomic E-state index is 13.4. The number of benzene rings is 2. The Kier molecular flexibility index (Phi) is 6.77. The minimum atomic E-state index is -4.48. The average Bonchev–Trinajstić information content (AvgIpc) is 3.61. The molecule has 2 aromatic carbocycles. The first-order valence-corrected chi connectivity index (χ1v) is 11.5. The normalized spacial score (nSPS) is 19.4. The molecule has 0 saturated heterocycles. The molecule has 1 saturated carbocycles. The number of hydrogen-bond donors (Lipinski definition) is 2. The van der Waals surface area contributed by atoms with Crippen LogP contribution in [0.5, 0.6) is 0 Å². The highest BCUT2D eigenvalue weighted by atomic mass is 19.4. The van der Waals surface area contributed by atoms with Gasteiger partial charge in [0.15, 0.2) is 5.78 Å². The molecule has 0 radical (unpaired) electrons. The van der Waals surface area contributed by atoms with Crippen molar-refractivity contribution in [1.82, 2.24) is 5.32 Å². The van der Waals surface area contributed by atoms with Gasteiger partial charge in [-0.15, -0.1) is 0 Å². The van der Waals surface area contributed by atoms with Gasteiger partial charge in [-0.2, -0.15) is 13.2 Å². The van der Waals surface area contributed by atoms with Crippen molar-refractivity contribution < 1.29 is 27.6 Å². The van der Waals surface area contributed by atoms with Crippen LogP contribution < -0.4 is 11.1 Å². The zero-order valence-electron chi connectivity index (χ0n) is 18.6. The maximum Gasteiger partial charge on any atom is 0.389 e. The molecule has 34 heavy (non-hydrogen) atoms. The Morgan fingerprint density at radius 3 is 2.29 bits per heavy atom. The highest BCUT2D eigenvalue weighted by Gasteiger charge is 2.41. The zero-order valence-corrected chi connectivity index (χ0v) is 18.6. The first-order valence-electron chi connectivity index (χ1n) is 11.5. The van der Waals surface area contributed by atoms with E-state index in [9.17, 15) is 27.6 Å². The molecule has 2 aliphatic carbocycles. The van der Waals surface area contributed by atoms with Gasteiger partial charge in [0, 0.05) is 24.7 Å². The van der Waals surface area contributed by atoms with E-state index in [0.29, 0.717) is 5.56 Å². The molecule has 2 aliphatic rings. The minimum Gasteiger partial charge on any atom is -0.369 e. The quantitative estimate of drug-likeness (QED) is 0.593. The molecular weight excluding hydrogens is 445 g/mol. The lowest BCUT2D eigenvalue weighted by molar-refractivity contribution is -0.147. The number of Topliss-reactive ketones (excluding diaryl/α,β-unsaturated/α-hetero) is 1. The van der Waals surface area contributed by atoms with Crippen LogP contribution in [0.3, 0.4) is 0 Å². The molecule has 8 heteroatoms. The first kappa shape index (κ1) is 24.0. The van der Waals surface area contributed by atoms with Crippen molar-refractivity contribution in [2.45, 2.75) is 50.7 Å². The number of amides is 2. The standard InChI is InChI=1S/C26H27F3N2O3/c27-26(28,29)12-11-20(21(24(30)33)13-15-9-10-15)25(34)31-23-19-8-4-3-7-18(19)17-6-2-1-5-16(17)14-22(23)32/h1-8,15,20-21,23H,9-14H2,(H2,30,33)(H,31,34)/t20-,21+,23+/m1/s1. The summed E-state index contributed by atoms with van der Waals surface area (Å²) in [6.07, 6.45) is -4.16. The van der Waals surface area contributed by atoms with E-state index in [1.54, 1.807) is 12.1 Å². The van der Waals surface area contributed by atoms with Gasteiger partial charge in [0.25, 0.3) is 0 Å². The van der Waals surface area contributed by atoms with Crippen molar-refractivity contribution in [1.29, 1.82) is 0 Å². The van der Waals surface area contributed by atoms with Gasteiger partial charge in [0.05, 0.1) is 0 Å². The van der Waals surface area contributed by atoms with Crippen LogP contribution in [-0.4, -0.2) is 23.8 Å². The second-order valence-electron chi connectivity index (χ2n) is 9.28. The summed E-state index contributed by atoms with van der Waals surface area (Å²) in [6.45, 7) is 0. The summed E-state index contributed by atoms with van der Waals surface area (Å²) < 4.78 is 39.1. The number of carbonyl (C=O) groups is 3. The fraction of sp³-hybridized carbons (Fsp3) is 0.423. The fourth-order valence-corrected chi connectivity index (χ4v) is 4.83. The third-order valence-corrected chi connectivity index (χ3v) is 6.76. The number of nitrogens with one attached hydrogen (secondary N) is 1. The van der Waals surface area contributed by atoms with Crippen LogP contribution >= 0.6 is 0 Å². The lowest BCUT2D eigenvalue weighted by atomic mass is 9.82. The molecule has 0 aliphatic heterocycles. The molecule has 3 N–H and O–H groups in total. The van der Waals surface area contributed by atoms with E-state index in [0.717, 1.165) is 29.5 Å². The SMILES string of the molecule is NC(=O)[C@@H](CC1CC1)[C@@H](CCC(F)(F)F)C(=O)N[C@@H]1C(=O)Cc2ccccc2-c2ccccc21. The van der Waals surface area contributed by atoms with Gasteiger partial charge < -0.3 is 11.1 Å². The summed E-state index contributed by atoms with van der Waals surface area (Å²) in [6, 6.07) is 13.6. The topological polar surface area (TPSA) is 89.3 Å². The van der Waals surface area contributed by atoms with Gasteiger partial charge in [0.1, 0.15) is 6.04 Å². The smallest absolute Gasteiger partial charge is 0.369 e. The first-order chi connectivity index (χ1) is 16.1. The Hall–Kier alpha value is -3.16. The predicted molar refractivity (Wildman–Crippen MR) is 120 cm³/mol. The van der Waals surface area contributed by atoms with Crippen LogP contribution in [0.15, 0.2) is 48.5 Å². The number of ketones is 1. The number of fused-ring (bicyclic) bond motifs is 3. The van der Waals surface area contributed by atoms with Gasteiger partial charge in [-0.1, -0.05) is 61.4 Å². The lowest BCUT2D eigenvalue weighted by Gasteiger charge is -2.27. The van der Waals surface area contributed by atoms with E-state index in [1.165, 1.54) is 0 Å². The molecule has 2 aromatic rings. The van der Waals surface area contributed by atoms with Crippen molar-refractivity contribution in [3.63, 3.8) is 0 Å². The van der Waals surface area contributed by atoms with Crippen molar-refractivity contribution in [2.24, 2.45) is 23.5 Å². The molecular formula is C26H27F3N2O3. The Morgan fingerprint density at radius 1 is 1.00 bits per heavy atom. The summed E-state index contributed by atoms with van der Waals surface area (Å²) >= 11 is 0. The summed E-state index contributed by atoms with van der Waals surface area (Å²) in [5.74, 6) is -3.87. The number of nitrogens with two attached hydrogens (primary N) is 1. The van der Waals surface area contributed by atoms with Gasteiger partial charge >= 0.3 is 6.18 Å². The Morgan fingerprint density at radius 2 is 1.65 bits per heavy atom. The second kappa shape index (κ2) is 9.60. The van der Waals surface area contributed by atoms with Crippen LogP contribution in [0.4, 0.5) is 13.2 Å². The average molecular weight is 473 g/mol. The number of hydrogen-bond acceptors (Lipinski definition) is 3. The molecule has 5 nitrogen and oxygen atoms in total. The second-order valence-corrected chi connectivity index (χ2v) is 9.28. The summed E-state index contributed by atoms with van der Waals surface area (Å²) in [5, 5.41) is 2.70. The van der Waals surface area contributed by atoms with E-state index in [2.05, 4.69) is 5.32 Å². The summed E-state index contributed by atoms with van der Waals surface area (Å²) in [5.41, 5.74) is 8.60. The predicted octanol–water partition coefficient (Wildman–Crippen LogP) is 4.50. The molecule has 2 amide bonds. The van der Waals surface area contributed by atoms with E-state index in [-0.39, 0.29) is 24.5 Å². The number of rotatable bonds is 8. The van der Waals surface area contributed by atoms with E-state index < -0.39 is 48.7 Å². The van der Waals surface area contributed by atoms with Crippen LogP contribution in [0.1, 0.15) is 49.3 Å². The number of primary amides is 1. The highest BCUT2D eigenvalue weighted by molar-refractivity contribution is 5.97. The molecule has 0 spiro atoms. The van der Waals surface area contributed by atoms with Crippen LogP contribution in [0.25, 0.3) is 11.1 Å².